The third-order valence-corrected chi connectivity index (χ3v) is 3.78. The van der Waals surface area contributed by atoms with E-state index >= 15 is 0 Å². The van der Waals surface area contributed by atoms with Gasteiger partial charge in [0.25, 0.3) is 0 Å². The Morgan fingerprint density at radius 2 is 2.08 bits per heavy atom. The molecule has 1 aliphatic rings. The van der Waals surface area contributed by atoms with Crippen molar-refractivity contribution in [3.8, 4) is 0 Å². The van der Waals surface area contributed by atoms with Gasteiger partial charge in [-0.1, -0.05) is 12.1 Å². The number of carbonyl (C=O) groups excluding carboxylic acids is 1. The fraction of sp³-hybridized carbons (Fsp3) is 0.278. The van der Waals surface area contributed by atoms with Crippen molar-refractivity contribution < 1.29 is 18.3 Å². The van der Waals surface area contributed by atoms with Crippen LogP contribution in [0.3, 0.4) is 0 Å². The lowest BCUT2D eigenvalue weighted by Gasteiger charge is -2.19. The highest BCUT2D eigenvalue weighted by Gasteiger charge is 2.17. The van der Waals surface area contributed by atoms with Gasteiger partial charge >= 0.3 is 0 Å². The molecule has 0 unspecified atom stereocenters. The first-order valence-electron chi connectivity index (χ1n) is 7.55. The molecule has 0 aliphatic heterocycles. The maximum atomic E-state index is 14.1. The topological polar surface area (TPSA) is 64.3 Å². The summed E-state index contributed by atoms with van der Waals surface area (Å²) in [6, 6.07) is 4.06. The van der Waals surface area contributed by atoms with Gasteiger partial charge < -0.3 is 15.8 Å². The quantitative estimate of drug-likeness (QED) is 0.840. The molecule has 1 aromatic carbocycles. The smallest absolute Gasteiger partial charge is 0.219 e. The molecule has 2 rings (SSSR count). The first-order chi connectivity index (χ1) is 11.4. The van der Waals surface area contributed by atoms with Crippen molar-refractivity contribution in [3.05, 3.63) is 64.6 Å². The SMILES string of the molecule is COC1=CC(c2cccc(F)c2F)=C/C(=C(/C)NCCC(N)=O)C1. The number of hydrogen-bond donors (Lipinski definition) is 2. The van der Waals surface area contributed by atoms with Crippen molar-refractivity contribution in [2.24, 2.45) is 5.73 Å². The van der Waals surface area contributed by atoms with Gasteiger partial charge in [-0.15, -0.1) is 0 Å². The molecule has 0 atom stereocenters. The molecule has 0 saturated heterocycles. The third-order valence-electron chi connectivity index (χ3n) is 3.78. The Morgan fingerprint density at radius 1 is 1.33 bits per heavy atom. The van der Waals surface area contributed by atoms with Crippen LogP contribution in [-0.2, 0) is 9.53 Å². The molecule has 0 radical (unpaired) electrons. The summed E-state index contributed by atoms with van der Waals surface area (Å²) in [6.45, 7) is 2.26. The zero-order chi connectivity index (χ0) is 17.7. The average molecular weight is 334 g/mol. The molecule has 4 nitrogen and oxygen atoms in total. The van der Waals surface area contributed by atoms with Gasteiger partial charge in [-0.25, -0.2) is 8.78 Å². The van der Waals surface area contributed by atoms with Crippen LogP contribution in [0.5, 0.6) is 0 Å². The zero-order valence-electron chi connectivity index (χ0n) is 13.7. The normalized spacial score (nSPS) is 16.2. The van der Waals surface area contributed by atoms with Crippen LogP contribution in [0.2, 0.25) is 0 Å². The van der Waals surface area contributed by atoms with Gasteiger partial charge in [0.2, 0.25) is 5.91 Å². The van der Waals surface area contributed by atoms with E-state index in [0.717, 1.165) is 17.3 Å². The van der Waals surface area contributed by atoms with E-state index in [1.165, 1.54) is 19.2 Å². The molecule has 0 spiro atoms. The van der Waals surface area contributed by atoms with Crippen LogP contribution in [0, 0.1) is 11.6 Å². The summed E-state index contributed by atoms with van der Waals surface area (Å²) in [5.41, 5.74) is 7.52. The Kier molecular flexibility index (Phi) is 5.73. The number of primary amides is 1. The van der Waals surface area contributed by atoms with Gasteiger partial charge in [0.05, 0.1) is 7.11 Å². The van der Waals surface area contributed by atoms with Crippen molar-refractivity contribution >= 4 is 11.5 Å². The second-order valence-corrected chi connectivity index (χ2v) is 5.49. The molecule has 0 heterocycles. The number of ether oxygens (including phenoxy) is 1. The summed E-state index contributed by atoms with van der Waals surface area (Å²) in [4.78, 5) is 10.8. The Bertz CT molecular complexity index is 737. The summed E-state index contributed by atoms with van der Waals surface area (Å²) < 4.78 is 32.9. The number of rotatable bonds is 6. The number of halogens is 2. The molecule has 1 amide bonds. The fourth-order valence-corrected chi connectivity index (χ4v) is 2.43. The summed E-state index contributed by atoms with van der Waals surface area (Å²) in [6.07, 6.45) is 4.21. The van der Waals surface area contributed by atoms with Crippen molar-refractivity contribution in [3.63, 3.8) is 0 Å². The molecule has 0 aromatic heterocycles. The number of benzene rings is 1. The Hall–Kier alpha value is -2.63. The van der Waals surface area contributed by atoms with Crippen LogP contribution in [0.4, 0.5) is 8.78 Å². The van der Waals surface area contributed by atoms with Crippen LogP contribution in [0.15, 0.2) is 47.4 Å². The lowest BCUT2D eigenvalue weighted by atomic mass is 9.93. The second-order valence-electron chi connectivity index (χ2n) is 5.49. The monoisotopic (exact) mass is 334 g/mol. The molecule has 1 aliphatic carbocycles. The molecule has 0 bridgehead atoms. The maximum absolute atomic E-state index is 14.1. The molecule has 24 heavy (non-hydrogen) atoms. The number of hydrogen-bond acceptors (Lipinski definition) is 3. The van der Waals surface area contributed by atoms with E-state index in [0.29, 0.717) is 24.3 Å². The highest BCUT2D eigenvalue weighted by Crippen LogP contribution is 2.31. The Labute approximate surface area is 139 Å². The molecular weight excluding hydrogens is 314 g/mol. The largest absolute Gasteiger partial charge is 0.501 e. The molecule has 6 heteroatoms. The summed E-state index contributed by atoms with van der Waals surface area (Å²) in [5, 5.41) is 3.11. The maximum Gasteiger partial charge on any atom is 0.219 e. The van der Waals surface area contributed by atoms with E-state index in [9.17, 15) is 13.6 Å². The van der Waals surface area contributed by atoms with Crippen LogP contribution in [-0.4, -0.2) is 19.6 Å². The predicted octanol–water partition coefficient (Wildman–Crippen LogP) is 3.02. The Morgan fingerprint density at radius 3 is 2.75 bits per heavy atom. The number of methoxy groups -OCH3 is 1. The van der Waals surface area contributed by atoms with Crippen molar-refractivity contribution in [1.29, 1.82) is 0 Å². The van der Waals surface area contributed by atoms with Crippen LogP contribution >= 0.6 is 0 Å². The third kappa shape index (κ3) is 4.22. The standard InChI is InChI=1S/C18H20F2N2O2/c1-11(22-7-6-17(21)23)12-8-13(10-14(9-12)24-2)15-4-3-5-16(19)18(15)20/h3-5,8,10,22H,6-7,9H2,1-2H3,(H2,21,23)/b12-11+. The van der Waals surface area contributed by atoms with Crippen molar-refractivity contribution in [2.45, 2.75) is 19.8 Å². The zero-order valence-corrected chi connectivity index (χ0v) is 13.7. The van der Waals surface area contributed by atoms with E-state index in [2.05, 4.69) is 5.32 Å². The minimum Gasteiger partial charge on any atom is -0.501 e. The number of nitrogens with two attached hydrogens (primary N) is 1. The number of allylic oxidation sites excluding steroid dienone is 5. The molecule has 1 aromatic rings. The van der Waals surface area contributed by atoms with E-state index in [4.69, 9.17) is 10.5 Å². The van der Waals surface area contributed by atoms with Crippen LogP contribution in [0.1, 0.15) is 25.3 Å². The Balaban J connectivity index is 2.35. The van der Waals surface area contributed by atoms with Gasteiger partial charge in [-0.3, -0.25) is 4.79 Å². The van der Waals surface area contributed by atoms with Crippen LogP contribution < -0.4 is 11.1 Å². The van der Waals surface area contributed by atoms with E-state index in [-0.39, 0.29) is 17.9 Å². The number of nitrogens with one attached hydrogen (secondary N) is 1. The molecule has 0 fully saturated rings. The number of amides is 1. The fourth-order valence-electron chi connectivity index (χ4n) is 2.43. The molecule has 3 N–H and O–H groups in total. The average Bonchev–Trinajstić information content (AvgIpc) is 2.56. The van der Waals surface area contributed by atoms with Gasteiger partial charge in [-0.05, 0) is 36.3 Å². The van der Waals surface area contributed by atoms with Crippen molar-refractivity contribution in [2.75, 3.05) is 13.7 Å². The van der Waals surface area contributed by atoms with E-state index in [1.807, 2.05) is 6.92 Å². The molecular formula is C18H20F2N2O2. The lowest BCUT2D eigenvalue weighted by molar-refractivity contribution is -0.117. The summed E-state index contributed by atoms with van der Waals surface area (Å²) in [5.74, 6) is -1.54. The summed E-state index contributed by atoms with van der Waals surface area (Å²) >= 11 is 0. The first kappa shape index (κ1) is 17.7. The van der Waals surface area contributed by atoms with Gasteiger partial charge in [0, 0.05) is 30.6 Å². The second kappa shape index (κ2) is 7.77. The minimum absolute atomic E-state index is 0.173. The van der Waals surface area contributed by atoms with Crippen molar-refractivity contribution in [1.82, 2.24) is 5.32 Å². The molecule has 128 valence electrons. The number of carbonyl (C=O) groups is 1. The predicted molar refractivity (Wildman–Crippen MR) is 88.6 cm³/mol. The first-order valence-corrected chi connectivity index (χ1v) is 7.55. The van der Waals surface area contributed by atoms with Crippen LogP contribution in [0.25, 0.3) is 5.57 Å². The van der Waals surface area contributed by atoms with Gasteiger partial charge in [-0.2, -0.15) is 0 Å². The van der Waals surface area contributed by atoms with Gasteiger partial charge in [0.1, 0.15) is 5.76 Å². The van der Waals surface area contributed by atoms with Gasteiger partial charge in [0.15, 0.2) is 11.6 Å². The molecule has 0 saturated carbocycles. The highest BCUT2D eigenvalue weighted by atomic mass is 19.2. The van der Waals surface area contributed by atoms with E-state index < -0.39 is 11.6 Å². The lowest BCUT2D eigenvalue weighted by Crippen LogP contribution is -2.21. The minimum atomic E-state index is -0.895. The highest BCUT2D eigenvalue weighted by molar-refractivity contribution is 5.79. The van der Waals surface area contributed by atoms with E-state index in [1.54, 1.807) is 12.2 Å². The summed E-state index contributed by atoms with van der Waals surface area (Å²) in [7, 11) is 1.53.